The van der Waals surface area contributed by atoms with Gasteiger partial charge in [0, 0.05) is 10.6 Å². The average molecular weight is 259 g/mol. The molecule has 0 saturated carbocycles. The van der Waals surface area contributed by atoms with Gasteiger partial charge in [0.15, 0.2) is 0 Å². The third kappa shape index (κ3) is 4.90. The second-order valence-corrected chi connectivity index (χ2v) is 5.11. The van der Waals surface area contributed by atoms with E-state index in [4.69, 9.17) is 16.3 Å². The maximum absolute atomic E-state index is 11.3. The fourth-order valence-corrected chi connectivity index (χ4v) is 2.30. The first kappa shape index (κ1) is 13.4. The lowest BCUT2D eigenvalue weighted by Gasteiger charge is -2.07. The largest absolute Gasteiger partial charge is 0.463 e. The maximum atomic E-state index is 11.3. The summed E-state index contributed by atoms with van der Waals surface area (Å²) in [6.45, 7) is 3.69. The van der Waals surface area contributed by atoms with Gasteiger partial charge in [-0.05, 0) is 26.0 Å². The number of esters is 1. The number of thioether (sulfide) groups is 1. The van der Waals surface area contributed by atoms with Crippen LogP contribution in [-0.4, -0.2) is 17.8 Å². The van der Waals surface area contributed by atoms with Crippen molar-refractivity contribution in [3.8, 4) is 0 Å². The van der Waals surface area contributed by atoms with Crippen LogP contribution >= 0.6 is 23.4 Å². The fourth-order valence-electron chi connectivity index (χ4n) is 1.13. The molecule has 0 amide bonds. The van der Waals surface area contributed by atoms with Gasteiger partial charge in [0.1, 0.15) is 0 Å². The summed E-state index contributed by atoms with van der Waals surface area (Å²) in [6.07, 6.45) is 0.367. The highest BCUT2D eigenvalue weighted by atomic mass is 35.5. The Morgan fingerprint density at radius 2 is 2.12 bits per heavy atom. The third-order valence-corrected chi connectivity index (χ3v) is 3.28. The number of rotatable bonds is 5. The molecule has 0 atom stereocenters. The Balaban J connectivity index is 2.31. The van der Waals surface area contributed by atoms with Gasteiger partial charge in [-0.3, -0.25) is 4.79 Å². The van der Waals surface area contributed by atoms with Crippen molar-refractivity contribution in [2.45, 2.75) is 31.3 Å². The van der Waals surface area contributed by atoms with Crippen LogP contribution in [0.3, 0.4) is 0 Å². The van der Waals surface area contributed by atoms with Gasteiger partial charge in [-0.1, -0.05) is 23.7 Å². The molecule has 0 unspecified atom stereocenters. The molecule has 0 fully saturated rings. The zero-order valence-corrected chi connectivity index (χ0v) is 11.0. The van der Waals surface area contributed by atoms with Crippen molar-refractivity contribution in [2.24, 2.45) is 0 Å². The molecule has 2 nitrogen and oxygen atoms in total. The Morgan fingerprint density at radius 1 is 1.44 bits per heavy atom. The quantitative estimate of drug-likeness (QED) is 0.594. The monoisotopic (exact) mass is 258 g/mol. The first-order valence-electron chi connectivity index (χ1n) is 5.16. The molecule has 0 aliphatic heterocycles. The Hall–Kier alpha value is -0.670. The summed E-state index contributed by atoms with van der Waals surface area (Å²) in [5.41, 5.74) is 0. The summed E-state index contributed by atoms with van der Waals surface area (Å²) in [7, 11) is 0. The van der Waals surface area contributed by atoms with Gasteiger partial charge in [-0.25, -0.2) is 0 Å². The van der Waals surface area contributed by atoms with E-state index < -0.39 is 0 Å². The topological polar surface area (TPSA) is 26.3 Å². The lowest BCUT2D eigenvalue weighted by molar-refractivity contribution is -0.146. The van der Waals surface area contributed by atoms with E-state index in [9.17, 15) is 4.79 Å². The Bertz CT molecular complexity index is 353. The van der Waals surface area contributed by atoms with Gasteiger partial charge in [0.05, 0.1) is 17.5 Å². The first-order valence-corrected chi connectivity index (χ1v) is 6.52. The molecule has 0 bridgehead atoms. The molecule has 0 radical (unpaired) electrons. The predicted octanol–water partition coefficient (Wildman–Crippen LogP) is 3.77. The summed E-state index contributed by atoms with van der Waals surface area (Å²) in [6, 6.07) is 7.61. The number of hydrogen-bond acceptors (Lipinski definition) is 3. The van der Waals surface area contributed by atoms with E-state index in [0.717, 1.165) is 9.92 Å². The molecular formula is C12H15ClO2S. The zero-order valence-electron chi connectivity index (χ0n) is 9.40. The summed E-state index contributed by atoms with van der Waals surface area (Å²) in [4.78, 5) is 12.3. The van der Waals surface area contributed by atoms with E-state index in [1.807, 2.05) is 38.1 Å². The third-order valence-electron chi connectivity index (χ3n) is 1.77. The summed E-state index contributed by atoms with van der Waals surface area (Å²) < 4.78 is 5.03. The number of benzene rings is 1. The molecular weight excluding hydrogens is 244 g/mol. The van der Waals surface area contributed by atoms with Gasteiger partial charge < -0.3 is 4.74 Å². The second-order valence-electron chi connectivity index (χ2n) is 3.57. The molecule has 0 aliphatic rings. The first-order chi connectivity index (χ1) is 7.59. The van der Waals surface area contributed by atoms with Crippen molar-refractivity contribution < 1.29 is 9.53 Å². The summed E-state index contributed by atoms with van der Waals surface area (Å²) in [5, 5.41) is 0.727. The summed E-state index contributed by atoms with van der Waals surface area (Å²) in [5.74, 6) is 0.532. The van der Waals surface area contributed by atoms with E-state index in [1.54, 1.807) is 11.8 Å². The number of halogens is 1. The molecule has 1 aromatic rings. The molecule has 0 heterocycles. The molecule has 88 valence electrons. The predicted molar refractivity (Wildman–Crippen MR) is 68.0 cm³/mol. The molecule has 16 heavy (non-hydrogen) atoms. The van der Waals surface area contributed by atoms with E-state index in [1.165, 1.54) is 0 Å². The van der Waals surface area contributed by atoms with E-state index in [2.05, 4.69) is 0 Å². The number of carbonyl (C=O) groups is 1. The van der Waals surface area contributed by atoms with E-state index in [0.29, 0.717) is 12.2 Å². The van der Waals surface area contributed by atoms with E-state index >= 15 is 0 Å². The average Bonchev–Trinajstić information content (AvgIpc) is 2.19. The zero-order chi connectivity index (χ0) is 12.0. The molecule has 4 heteroatoms. The van der Waals surface area contributed by atoms with Crippen LogP contribution < -0.4 is 0 Å². The highest BCUT2D eigenvalue weighted by Crippen LogP contribution is 2.26. The van der Waals surface area contributed by atoms with Crippen LogP contribution in [0.4, 0.5) is 0 Å². The Kier molecular flexibility index (Phi) is 5.71. The Labute approximate surface area is 105 Å². The van der Waals surface area contributed by atoms with E-state index in [-0.39, 0.29) is 12.1 Å². The van der Waals surface area contributed by atoms with Crippen LogP contribution in [-0.2, 0) is 9.53 Å². The minimum Gasteiger partial charge on any atom is -0.463 e. The molecule has 1 aromatic carbocycles. The van der Waals surface area contributed by atoms with Crippen molar-refractivity contribution >= 4 is 29.3 Å². The van der Waals surface area contributed by atoms with Crippen molar-refractivity contribution in [1.29, 1.82) is 0 Å². The van der Waals surface area contributed by atoms with Gasteiger partial charge in [0.25, 0.3) is 0 Å². The lowest BCUT2D eigenvalue weighted by Crippen LogP contribution is -2.11. The molecule has 0 aromatic heterocycles. The maximum Gasteiger partial charge on any atom is 0.306 e. The van der Waals surface area contributed by atoms with Crippen LogP contribution in [0.2, 0.25) is 5.02 Å². The number of hydrogen-bond donors (Lipinski definition) is 0. The number of carbonyl (C=O) groups excluding carboxylic acids is 1. The molecule has 1 rings (SSSR count). The molecule has 0 saturated heterocycles. The minimum atomic E-state index is -0.158. The molecule has 0 N–H and O–H groups in total. The highest BCUT2D eigenvalue weighted by molar-refractivity contribution is 7.99. The van der Waals surface area contributed by atoms with Crippen molar-refractivity contribution in [1.82, 2.24) is 0 Å². The normalized spacial score (nSPS) is 10.5. The second kappa shape index (κ2) is 6.81. The van der Waals surface area contributed by atoms with Crippen LogP contribution in [0, 0.1) is 0 Å². The lowest BCUT2D eigenvalue weighted by atomic mass is 10.4. The fraction of sp³-hybridized carbons (Fsp3) is 0.417. The van der Waals surface area contributed by atoms with Crippen molar-refractivity contribution in [3.63, 3.8) is 0 Å². The highest BCUT2D eigenvalue weighted by Gasteiger charge is 2.06. The standard InChI is InChI=1S/C12H15ClO2S/c1-9(2)15-12(14)7-8-16-11-6-4-3-5-10(11)13/h3-6,9H,7-8H2,1-2H3. The van der Waals surface area contributed by atoms with Gasteiger partial charge in [-0.2, -0.15) is 0 Å². The van der Waals surface area contributed by atoms with Gasteiger partial charge in [0.2, 0.25) is 0 Å². The van der Waals surface area contributed by atoms with Crippen LogP contribution in [0.25, 0.3) is 0 Å². The SMILES string of the molecule is CC(C)OC(=O)CCSc1ccccc1Cl. The van der Waals surface area contributed by atoms with Gasteiger partial charge in [-0.15, -0.1) is 11.8 Å². The van der Waals surface area contributed by atoms with Crippen LogP contribution in [0.5, 0.6) is 0 Å². The molecule has 0 spiro atoms. The van der Waals surface area contributed by atoms with Crippen molar-refractivity contribution in [3.05, 3.63) is 29.3 Å². The summed E-state index contributed by atoms with van der Waals surface area (Å²) >= 11 is 7.56. The Morgan fingerprint density at radius 3 is 2.75 bits per heavy atom. The number of ether oxygens (including phenoxy) is 1. The molecule has 0 aliphatic carbocycles. The minimum absolute atomic E-state index is 0.0437. The van der Waals surface area contributed by atoms with Crippen LogP contribution in [0.1, 0.15) is 20.3 Å². The van der Waals surface area contributed by atoms with Gasteiger partial charge >= 0.3 is 5.97 Å². The van der Waals surface area contributed by atoms with Crippen LogP contribution in [0.15, 0.2) is 29.2 Å². The smallest absolute Gasteiger partial charge is 0.306 e. The van der Waals surface area contributed by atoms with Crippen molar-refractivity contribution in [2.75, 3.05) is 5.75 Å².